The van der Waals surface area contributed by atoms with Crippen molar-refractivity contribution in [1.82, 2.24) is 4.90 Å². The number of urea groups is 1. The smallest absolute Gasteiger partial charge is 0.410 e. The molecule has 0 fully saturated rings. The lowest BCUT2D eigenvalue weighted by Crippen LogP contribution is -2.50. The number of nitrogens with one attached hydrogen (secondary N) is 2. The van der Waals surface area contributed by atoms with Crippen molar-refractivity contribution in [3.8, 4) is 5.75 Å². The summed E-state index contributed by atoms with van der Waals surface area (Å²) < 4.78 is 11.2. The van der Waals surface area contributed by atoms with E-state index in [9.17, 15) is 19.8 Å². The van der Waals surface area contributed by atoms with Gasteiger partial charge >= 0.3 is 12.1 Å². The number of aliphatic hydroxyl groups excluding tert-OH is 2. The lowest BCUT2D eigenvalue weighted by Gasteiger charge is -2.34. The first-order chi connectivity index (χ1) is 19.0. The van der Waals surface area contributed by atoms with Crippen LogP contribution in [0.3, 0.4) is 0 Å². The normalized spacial score (nSPS) is 12.6. The molecule has 0 aliphatic heterocycles. The molecule has 0 saturated carbocycles. The van der Waals surface area contributed by atoms with E-state index in [0.29, 0.717) is 22.8 Å². The maximum absolute atomic E-state index is 13.1. The third-order valence-electron chi connectivity index (χ3n) is 5.76. The van der Waals surface area contributed by atoms with Crippen LogP contribution in [-0.4, -0.2) is 64.7 Å². The van der Waals surface area contributed by atoms with Gasteiger partial charge in [-0.1, -0.05) is 42.5 Å². The fraction of sp³-hybridized carbons (Fsp3) is 0.333. The summed E-state index contributed by atoms with van der Waals surface area (Å²) in [6.45, 7) is 4.75. The Hall–Kier alpha value is -4.28. The number of nitrogens with two attached hydrogens (primary N) is 1. The van der Waals surface area contributed by atoms with Gasteiger partial charge in [0, 0.05) is 5.69 Å². The molecule has 10 heteroatoms. The lowest BCUT2D eigenvalue weighted by molar-refractivity contribution is -0.00891. The molecule has 3 aromatic rings. The summed E-state index contributed by atoms with van der Waals surface area (Å²) in [7, 11) is 0. The van der Waals surface area contributed by atoms with Crippen LogP contribution in [0.5, 0.6) is 5.75 Å². The van der Waals surface area contributed by atoms with Gasteiger partial charge in [-0.3, -0.25) is 4.90 Å². The summed E-state index contributed by atoms with van der Waals surface area (Å²) in [6.07, 6.45) is -1.39. The Kier molecular flexibility index (Phi) is 10.7. The number of anilines is 3. The standard InChI is InChI=1S/C30H38N4O6/c1-30(2,3)40-29(38)34(18-24(36)20-39-25-9-5-4-6-10-25)23(19-35)17-21-13-15-22(16-14-21)32-28(37)33-27-12-8-7-11-26(27)31/h4-16,23-24,35-36H,17-20,31H2,1-3H3,(H2,32,33,37)/t23-,24-/m0/s1. The van der Waals surface area contributed by atoms with Gasteiger partial charge < -0.3 is 36.1 Å². The van der Waals surface area contributed by atoms with Crippen LogP contribution in [0.25, 0.3) is 0 Å². The van der Waals surface area contributed by atoms with E-state index >= 15 is 0 Å². The highest BCUT2D eigenvalue weighted by molar-refractivity contribution is 6.01. The Morgan fingerprint density at radius 2 is 1.60 bits per heavy atom. The van der Waals surface area contributed by atoms with Gasteiger partial charge in [0.2, 0.25) is 0 Å². The van der Waals surface area contributed by atoms with Crippen molar-refractivity contribution < 1.29 is 29.3 Å². The molecule has 0 aliphatic rings. The average Bonchev–Trinajstić information content (AvgIpc) is 2.91. The fourth-order valence-electron chi connectivity index (χ4n) is 3.85. The van der Waals surface area contributed by atoms with Gasteiger partial charge in [-0.05, 0) is 69.2 Å². The highest BCUT2D eigenvalue weighted by Gasteiger charge is 2.30. The van der Waals surface area contributed by atoms with E-state index in [1.54, 1.807) is 81.4 Å². The van der Waals surface area contributed by atoms with Gasteiger partial charge in [0.1, 0.15) is 24.1 Å². The maximum atomic E-state index is 13.1. The molecule has 0 spiro atoms. The number of para-hydroxylation sites is 3. The molecule has 3 aromatic carbocycles. The number of aliphatic hydroxyl groups is 2. The molecule has 40 heavy (non-hydrogen) atoms. The second-order valence-electron chi connectivity index (χ2n) is 10.3. The number of nitrogen functional groups attached to an aromatic ring is 1. The molecule has 0 unspecified atom stereocenters. The Morgan fingerprint density at radius 3 is 2.23 bits per heavy atom. The van der Waals surface area contributed by atoms with Crippen LogP contribution >= 0.6 is 0 Å². The highest BCUT2D eigenvalue weighted by Crippen LogP contribution is 2.20. The van der Waals surface area contributed by atoms with E-state index in [-0.39, 0.29) is 26.2 Å². The summed E-state index contributed by atoms with van der Waals surface area (Å²) in [5.74, 6) is 0.596. The largest absolute Gasteiger partial charge is 0.491 e. The Labute approximate surface area is 234 Å². The van der Waals surface area contributed by atoms with Crippen molar-refractivity contribution in [1.29, 1.82) is 0 Å². The highest BCUT2D eigenvalue weighted by atomic mass is 16.6. The molecule has 2 atom stereocenters. The van der Waals surface area contributed by atoms with E-state index in [1.165, 1.54) is 4.90 Å². The zero-order chi connectivity index (χ0) is 29.1. The SMILES string of the molecule is CC(C)(C)OC(=O)N(C[C@H](O)COc1ccccc1)[C@H](CO)Cc1ccc(NC(=O)Nc2ccccc2N)cc1. The predicted octanol–water partition coefficient (Wildman–Crippen LogP) is 4.49. The summed E-state index contributed by atoms with van der Waals surface area (Å²) in [4.78, 5) is 26.8. The molecule has 0 saturated heterocycles. The van der Waals surface area contributed by atoms with Crippen LogP contribution in [0.1, 0.15) is 26.3 Å². The van der Waals surface area contributed by atoms with Crippen LogP contribution < -0.4 is 21.1 Å². The monoisotopic (exact) mass is 550 g/mol. The number of carbonyl (C=O) groups excluding carboxylic acids is 2. The molecule has 0 bridgehead atoms. The van der Waals surface area contributed by atoms with Crippen molar-refractivity contribution in [2.75, 3.05) is 36.1 Å². The number of benzene rings is 3. The molecule has 3 rings (SSSR count). The molecule has 0 aliphatic carbocycles. The van der Waals surface area contributed by atoms with E-state index in [0.717, 1.165) is 5.56 Å². The second-order valence-corrected chi connectivity index (χ2v) is 10.3. The topological polar surface area (TPSA) is 146 Å². The Balaban J connectivity index is 1.65. The molecule has 6 N–H and O–H groups in total. The second kappa shape index (κ2) is 14.2. The lowest BCUT2D eigenvalue weighted by atomic mass is 10.0. The number of rotatable bonds is 11. The van der Waals surface area contributed by atoms with Gasteiger partial charge in [-0.15, -0.1) is 0 Å². The van der Waals surface area contributed by atoms with E-state index in [2.05, 4.69) is 10.6 Å². The van der Waals surface area contributed by atoms with E-state index < -0.39 is 29.9 Å². The molecular weight excluding hydrogens is 512 g/mol. The zero-order valence-electron chi connectivity index (χ0n) is 23.0. The first kappa shape index (κ1) is 30.3. The molecule has 0 aromatic heterocycles. The number of ether oxygens (including phenoxy) is 2. The summed E-state index contributed by atoms with van der Waals surface area (Å²) in [6, 6.07) is 21.9. The minimum Gasteiger partial charge on any atom is -0.491 e. The summed E-state index contributed by atoms with van der Waals surface area (Å²) in [5, 5.41) is 26.3. The number of nitrogens with zero attached hydrogens (tertiary/aromatic N) is 1. The van der Waals surface area contributed by atoms with Crippen LogP contribution in [0.4, 0.5) is 26.7 Å². The maximum Gasteiger partial charge on any atom is 0.410 e. The van der Waals surface area contributed by atoms with Crippen molar-refractivity contribution in [3.05, 3.63) is 84.4 Å². The molecule has 3 amide bonds. The van der Waals surface area contributed by atoms with Crippen LogP contribution in [0, 0.1) is 0 Å². The number of hydrogen-bond acceptors (Lipinski definition) is 7. The fourth-order valence-corrected chi connectivity index (χ4v) is 3.85. The number of hydrogen-bond donors (Lipinski definition) is 5. The van der Waals surface area contributed by atoms with Gasteiger partial charge in [0.15, 0.2) is 0 Å². The Bertz CT molecular complexity index is 1230. The minimum absolute atomic E-state index is 0.0431. The van der Waals surface area contributed by atoms with E-state index in [1.807, 2.05) is 18.2 Å². The van der Waals surface area contributed by atoms with E-state index in [4.69, 9.17) is 15.2 Å². The van der Waals surface area contributed by atoms with Gasteiger partial charge in [-0.25, -0.2) is 9.59 Å². The van der Waals surface area contributed by atoms with Gasteiger partial charge in [0.05, 0.1) is 30.6 Å². The first-order valence-corrected chi connectivity index (χ1v) is 13.0. The third-order valence-corrected chi connectivity index (χ3v) is 5.76. The molecule has 214 valence electrons. The molecule has 0 heterocycles. The quantitative estimate of drug-likeness (QED) is 0.221. The summed E-state index contributed by atoms with van der Waals surface area (Å²) >= 11 is 0. The Morgan fingerprint density at radius 1 is 0.950 bits per heavy atom. The van der Waals surface area contributed by atoms with Crippen LogP contribution in [0.2, 0.25) is 0 Å². The molecule has 10 nitrogen and oxygen atoms in total. The van der Waals surface area contributed by atoms with Crippen LogP contribution in [0.15, 0.2) is 78.9 Å². The molecular formula is C30H38N4O6. The van der Waals surface area contributed by atoms with Crippen LogP contribution in [-0.2, 0) is 11.2 Å². The van der Waals surface area contributed by atoms with Crippen molar-refractivity contribution in [3.63, 3.8) is 0 Å². The zero-order valence-corrected chi connectivity index (χ0v) is 23.0. The first-order valence-electron chi connectivity index (χ1n) is 13.0. The average molecular weight is 551 g/mol. The van der Waals surface area contributed by atoms with Crippen molar-refractivity contribution in [2.45, 2.75) is 44.9 Å². The predicted molar refractivity (Wildman–Crippen MR) is 155 cm³/mol. The van der Waals surface area contributed by atoms with Crippen molar-refractivity contribution >= 4 is 29.2 Å². The number of carbonyl (C=O) groups is 2. The van der Waals surface area contributed by atoms with Gasteiger partial charge in [-0.2, -0.15) is 0 Å². The summed E-state index contributed by atoms with van der Waals surface area (Å²) in [5.41, 5.74) is 7.42. The number of amides is 3. The van der Waals surface area contributed by atoms with Crippen molar-refractivity contribution in [2.24, 2.45) is 0 Å². The minimum atomic E-state index is -1.02. The van der Waals surface area contributed by atoms with Gasteiger partial charge in [0.25, 0.3) is 0 Å². The third kappa shape index (κ3) is 9.79. The molecule has 0 radical (unpaired) electrons.